The lowest BCUT2D eigenvalue weighted by atomic mass is 9.91. The number of carboxylic acids is 1. The number of amides is 1. The van der Waals surface area contributed by atoms with Gasteiger partial charge in [-0.25, -0.2) is 0 Å². The second-order valence-corrected chi connectivity index (χ2v) is 5.49. The quantitative estimate of drug-likeness (QED) is 0.814. The number of likely N-dealkylation sites (N-methyl/N-ethyl adjacent to an activating group) is 1. The van der Waals surface area contributed by atoms with Crippen LogP contribution in [0.2, 0.25) is 0 Å². The molecule has 1 unspecified atom stereocenters. The van der Waals surface area contributed by atoms with Gasteiger partial charge in [0, 0.05) is 25.7 Å². The first kappa shape index (κ1) is 13.3. The molecule has 2 aliphatic rings. The number of carbonyl (C=O) groups is 2. The maximum atomic E-state index is 11.8. The Morgan fingerprint density at radius 2 is 2.00 bits per heavy atom. The standard InChI is InChI=1S/C13H22N2O3/c1-14-8-11(7-13(17)18)15(9-12(14)16)10-5-3-2-4-6-10/h10-11H,2-9H2,1H3,(H,17,18). The summed E-state index contributed by atoms with van der Waals surface area (Å²) in [6.45, 7) is 0.931. The van der Waals surface area contributed by atoms with Crippen LogP contribution in [0.5, 0.6) is 0 Å². The average molecular weight is 254 g/mol. The highest BCUT2D eigenvalue weighted by Crippen LogP contribution is 2.27. The molecule has 1 saturated heterocycles. The zero-order valence-electron chi connectivity index (χ0n) is 11.0. The number of nitrogens with zero attached hydrogens (tertiary/aromatic N) is 2. The van der Waals surface area contributed by atoms with Crippen molar-refractivity contribution >= 4 is 11.9 Å². The van der Waals surface area contributed by atoms with Gasteiger partial charge in [-0.15, -0.1) is 0 Å². The van der Waals surface area contributed by atoms with Crippen LogP contribution in [0, 0.1) is 0 Å². The highest BCUT2D eigenvalue weighted by Gasteiger charge is 2.36. The van der Waals surface area contributed by atoms with Gasteiger partial charge in [0.25, 0.3) is 0 Å². The summed E-state index contributed by atoms with van der Waals surface area (Å²) < 4.78 is 0. The Labute approximate surface area is 108 Å². The fourth-order valence-corrected chi connectivity index (χ4v) is 3.15. The van der Waals surface area contributed by atoms with Crippen molar-refractivity contribution < 1.29 is 14.7 Å². The van der Waals surface area contributed by atoms with Crippen LogP contribution in [-0.2, 0) is 9.59 Å². The molecule has 18 heavy (non-hydrogen) atoms. The monoisotopic (exact) mass is 254 g/mol. The summed E-state index contributed by atoms with van der Waals surface area (Å²) in [5.74, 6) is -0.661. The van der Waals surface area contributed by atoms with Crippen LogP contribution in [0.1, 0.15) is 38.5 Å². The summed E-state index contributed by atoms with van der Waals surface area (Å²) >= 11 is 0. The van der Waals surface area contributed by atoms with E-state index in [0.717, 1.165) is 12.8 Å². The Bertz CT molecular complexity index is 326. The van der Waals surface area contributed by atoms with E-state index in [4.69, 9.17) is 5.11 Å². The molecule has 1 atom stereocenters. The van der Waals surface area contributed by atoms with Crippen molar-refractivity contribution in [3.63, 3.8) is 0 Å². The molecule has 2 fully saturated rings. The molecule has 1 amide bonds. The second kappa shape index (κ2) is 5.69. The van der Waals surface area contributed by atoms with Crippen molar-refractivity contribution in [1.82, 2.24) is 9.80 Å². The predicted octanol–water partition coefficient (Wildman–Crippen LogP) is 0.936. The molecule has 0 radical (unpaired) electrons. The van der Waals surface area contributed by atoms with Crippen LogP contribution in [0.15, 0.2) is 0 Å². The molecule has 2 rings (SSSR count). The fraction of sp³-hybridized carbons (Fsp3) is 0.846. The van der Waals surface area contributed by atoms with Gasteiger partial charge in [-0.05, 0) is 12.8 Å². The maximum Gasteiger partial charge on any atom is 0.305 e. The minimum atomic E-state index is -0.774. The van der Waals surface area contributed by atoms with Crippen LogP contribution in [-0.4, -0.2) is 59.0 Å². The summed E-state index contributed by atoms with van der Waals surface area (Å²) in [6.07, 6.45) is 6.01. The van der Waals surface area contributed by atoms with E-state index in [1.807, 2.05) is 0 Å². The Morgan fingerprint density at radius 3 is 2.61 bits per heavy atom. The highest BCUT2D eigenvalue weighted by molar-refractivity contribution is 5.79. The lowest BCUT2D eigenvalue weighted by molar-refractivity contribution is -0.145. The zero-order chi connectivity index (χ0) is 13.1. The molecule has 0 aromatic carbocycles. The lowest BCUT2D eigenvalue weighted by Crippen LogP contribution is -2.58. The zero-order valence-corrected chi connectivity index (χ0v) is 11.0. The van der Waals surface area contributed by atoms with Crippen molar-refractivity contribution in [2.24, 2.45) is 0 Å². The summed E-state index contributed by atoms with van der Waals surface area (Å²) in [4.78, 5) is 26.6. The summed E-state index contributed by atoms with van der Waals surface area (Å²) in [5.41, 5.74) is 0. The Morgan fingerprint density at radius 1 is 1.33 bits per heavy atom. The fourth-order valence-electron chi connectivity index (χ4n) is 3.15. The van der Waals surface area contributed by atoms with Gasteiger partial charge < -0.3 is 10.0 Å². The minimum Gasteiger partial charge on any atom is -0.481 e. The number of carboxylic acid groups (broad SMARTS) is 1. The summed E-state index contributed by atoms with van der Waals surface area (Å²) in [5, 5.41) is 9.00. The second-order valence-electron chi connectivity index (χ2n) is 5.49. The van der Waals surface area contributed by atoms with Gasteiger partial charge in [0.2, 0.25) is 5.91 Å². The topological polar surface area (TPSA) is 60.9 Å². The number of hydrogen-bond donors (Lipinski definition) is 1. The molecule has 1 N–H and O–H groups in total. The number of aliphatic carboxylic acids is 1. The molecule has 0 aromatic rings. The van der Waals surface area contributed by atoms with E-state index in [2.05, 4.69) is 4.90 Å². The third-order valence-electron chi connectivity index (χ3n) is 4.15. The van der Waals surface area contributed by atoms with Crippen LogP contribution < -0.4 is 0 Å². The van der Waals surface area contributed by atoms with E-state index in [1.54, 1.807) is 11.9 Å². The summed E-state index contributed by atoms with van der Waals surface area (Å²) in [6, 6.07) is 0.383. The molecule has 1 aliphatic carbocycles. The molecular weight excluding hydrogens is 232 g/mol. The van der Waals surface area contributed by atoms with Gasteiger partial charge in [0.15, 0.2) is 0 Å². The maximum absolute atomic E-state index is 11.8. The molecule has 102 valence electrons. The van der Waals surface area contributed by atoms with Gasteiger partial charge in [-0.1, -0.05) is 19.3 Å². The van der Waals surface area contributed by atoms with Crippen molar-refractivity contribution in [1.29, 1.82) is 0 Å². The first-order chi connectivity index (χ1) is 8.58. The first-order valence-electron chi connectivity index (χ1n) is 6.79. The van der Waals surface area contributed by atoms with E-state index in [-0.39, 0.29) is 18.4 Å². The Hall–Kier alpha value is -1.10. The third-order valence-corrected chi connectivity index (χ3v) is 4.15. The molecule has 1 aliphatic heterocycles. The Balaban J connectivity index is 2.06. The van der Waals surface area contributed by atoms with Gasteiger partial charge in [-0.2, -0.15) is 0 Å². The van der Waals surface area contributed by atoms with Crippen molar-refractivity contribution in [3.05, 3.63) is 0 Å². The van der Waals surface area contributed by atoms with Crippen LogP contribution in [0.25, 0.3) is 0 Å². The average Bonchev–Trinajstić information content (AvgIpc) is 2.34. The molecule has 0 aromatic heterocycles. The number of hydrogen-bond acceptors (Lipinski definition) is 3. The molecule has 1 heterocycles. The number of carbonyl (C=O) groups excluding carboxylic acids is 1. The van der Waals surface area contributed by atoms with E-state index < -0.39 is 5.97 Å². The number of piperazine rings is 1. The third kappa shape index (κ3) is 3.02. The van der Waals surface area contributed by atoms with Crippen LogP contribution in [0.3, 0.4) is 0 Å². The van der Waals surface area contributed by atoms with E-state index in [9.17, 15) is 9.59 Å². The number of rotatable bonds is 3. The van der Waals surface area contributed by atoms with Crippen molar-refractivity contribution in [2.75, 3.05) is 20.1 Å². The van der Waals surface area contributed by atoms with Crippen LogP contribution in [0.4, 0.5) is 0 Å². The molecule has 0 spiro atoms. The normalized spacial score (nSPS) is 27.5. The first-order valence-corrected chi connectivity index (χ1v) is 6.79. The molecule has 1 saturated carbocycles. The van der Waals surface area contributed by atoms with Crippen LogP contribution >= 0.6 is 0 Å². The minimum absolute atomic E-state index is 0.0201. The molecule has 0 bridgehead atoms. The summed E-state index contributed by atoms with van der Waals surface area (Å²) in [7, 11) is 1.76. The van der Waals surface area contributed by atoms with Crippen molar-refractivity contribution in [2.45, 2.75) is 50.6 Å². The van der Waals surface area contributed by atoms with Gasteiger partial charge in [0.05, 0.1) is 13.0 Å². The van der Waals surface area contributed by atoms with Crippen molar-refractivity contribution in [3.8, 4) is 0 Å². The lowest BCUT2D eigenvalue weighted by Gasteiger charge is -2.44. The van der Waals surface area contributed by atoms with Gasteiger partial charge in [0.1, 0.15) is 0 Å². The smallest absolute Gasteiger partial charge is 0.305 e. The van der Waals surface area contributed by atoms with Gasteiger partial charge in [-0.3, -0.25) is 14.5 Å². The molecule has 5 heteroatoms. The molecular formula is C13H22N2O3. The molecule has 5 nitrogen and oxygen atoms in total. The predicted molar refractivity (Wildman–Crippen MR) is 67.3 cm³/mol. The highest BCUT2D eigenvalue weighted by atomic mass is 16.4. The van der Waals surface area contributed by atoms with Gasteiger partial charge >= 0.3 is 5.97 Å². The van der Waals surface area contributed by atoms with E-state index in [0.29, 0.717) is 19.1 Å². The van der Waals surface area contributed by atoms with E-state index in [1.165, 1.54) is 19.3 Å². The van der Waals surface area contributed by atoms with E-state index >= 15 is 0 Å². The Kier molecular flexibility index (Phi) is 4.22. The SMILES string of the molecule is CN1CC(CC(=O)O)N(C2CCCCC2)CC1=O. The largest absolute Gasteiger partial charge is 0.481 e.